The lowest BCUT2D eigenvalue weighted by atomic mass is 10.2. The van der Waals surface area contributed by atoms with Crippen LogP contribution in [0.1, 0.15) is 20.3 Å². The number of alkyl halides is 3. The van der Waals surface area contributed by atoms with Crippen LogP contribution >= 0.6 is 37.1 Å². The summed E-state index contributed by atoms with van der Waals surface area (Å²) in [5.41, 5.74) is -0.781. The molecule has 0 aliphatic carbocycles. The lowest BCUT2D eigenvalue weighted by molar-refractivity contribution is -0.0921. The van der Waals surface area contributed by atoms with E-state index in [9.17, 15) is 13.2 Å². The van der Waals surface area contributed by atoms with Gasteiger partial charge in [-0.2, -0.15) is 25.8 Å². The van der Waals surface area contributed by atoms with Gasteiger partial charge in [0.15, 0.2) is 0 Å². The van der Waals surface area contributed by atoms with Gasteiger partial charge in [0, 0.05) is 22.2 Å². The molecule has 0 atom stereocenters. The van der Waals surface area contributed by atoms with Crippen LogP contribution in [0.2, 0.25) is 0 Å². The summed E-state index contributed by atoms with van der Waals surface area (Å²) in [6, 6.07) is 0. The summed E-state index contributed by atoms with van der Waals surface area (Å²) in [7, 11) is 0. The molecule has 0 nitrogen and oxygen atoms in total. The molecule has 0 N–H and O–H groups in total. The van der Waals surface area contributed by atoms with Gasteiger partial charge in [-0.1, -0.05) is 38.3 Å². The predicted octanol–water partition coefficient (Wildman–Crippen LogP) is 4.15. The van der Waals surface area contributed by atoms with E-state index in [0.717, 1.165) is 5.37 Å². The quantitative estimate of drug-likeness (QED) is 0.598. The molecule has 82 valence electrons. The number of allylic oxidation sites excluding steroid dienone is 1. The molecule has 0 aromatic heterocycles. The molecule has 0 rings (SSSR count). The molecule has 0 aliphatic heterocycles. The molecule has 0 saturated carbocycles. The number of halogens is 3. The maximum atomic E-state index is 12.0. The van der Waals surface area contributed by atoms with E-state index >= 15 is 0 Å². The van der Waals surface area contributed by atoms with Crippen molar-refractivity contribution in [2.45, 2.75) is 26.4 Å². The molecule has 0 aromatic rings. The second-order valence-electron chi connectivity index (χ2n) is 1.91. The molecule has 0 spiro atoms. The second-order valence-corrected chi connectivity index (χ2v) is 2.93. The smallest absolute Gasteiger partial charge is 0.166 e. The van der Waals surface area contributed by atoms with E-state index in [0.29, 0.717) is 5.41 Å². The van der Waals surface area contributed by atoms with Gasteiger partial charge in [-0.05, 0) is 5.41 Å². The fourth-order valence-electron chi connectivity index (χ4n) is 0.448. The Bertz CT molecular complexity index is 218. The summed E-state index contributed by atoms with van der Waals surface area (Å²) in [6.07, 6.45) is -4.74. The van der Waals surface area contributed by atoms with Crippen LogP contribution in [0.4, 0.5) is 13.2 Å². The van der Waals surface area contributed by atoms with Crippen molar-refractivity contribution >= 4 is 47.3 Å². The van der Waals surface area contributed by atoms with Gasteiger partial charge in [0.25, 0.3) is 0 Å². The minimum absolute atomic E-state index is 0.0858. The van der Waals surface area contributed by atoms with Crippen molar-refractivity contribution < 1.29 is 13.2 Å². The zero-order chi connectivity index (χ0) is 11.8. The first kappa shape index (κ1) is 16.5. The van der Waals surface area contributed by atoms with Crippen molar-refractivity contribution in [2.75, 3.05) is 0 Å². The first-order chi connectivity index (χ1) is 6.41. The van der Waals surface area contributed by atoms with Gasteiger partial charge in [0.2, 0.25) is 0 Å². The van der Waals surface area contributed by atoms with Crippen molar-refractivity contribution in [3.05, 3.63) is 11.0 Å². The van der Waals surface area contributed by atoms with Crippen LogP contribution in [-0.2, 0) is 0 Å². The van der Waals surface area contributed by atoms with Crippen LogP contribution in [-0.4, -0.2) is 16.4 Å². The van der Waals surface area contributed by atoms with E-state index in [1.165, 1.54) is 0 Å². The van der Waals surface area contributed by atoms with E-state index < -0.39 is 11.7 Å². The highest BCUT2D eigenvalue weighted by atomic mass is 32.1. The third-order valence-corrected chi connectivity index (χ3v) is 2.02. The summed E-state index contributed by atoms with van der Waals surface area (Å²) >= 11 is 12.3. The molecule has 0 amide bonds. The Kier molecular flexibility index (Phi) is 9.86. The van der Waals surface area contributed by atoms with Crippen LogP contribution in [0.25, 0.3) is 0 Å². The Morgan fingerprint density at radius 2 is 1.79 bits per heavy atom. The van der Waals surface area contributed by atoms with E-state index in [1.807, 2.05) is 13.8 Å². The van der Waals surface area contributed by atoms with Crippen molar-refractivity contribution in [3.8, 4) is 0 Å². The molecule has 0 radical (unpaired) electrons. The fourth-order valence-corrected chi connectivity index (χ4v) is 0.925. The molecule has 0 aromatic carbocycles. The summed E-state index contributed by atoms with van der Waals surface area (Å²) in [6.45, 7) is 4.00. The minimum Gasteiger partial charge on any atom is -0.166 e. The van der Waals surface area contributed by atoms with E-state index in [1.54, 1.807) is 0 Å². The average Bonchev–Trinajstić information content (AvgIpc) is 2.15. The first-order valence-electron chi connectivity index (χ1n) is 3.80. The van der Waals surface area contributed by atoms with Gasteiger partial charge in [-0.15, -0.1) is 0 Å². The lowest BCUT2D eigenvalue weighted by Gasteiger charge is -2.09. The zero-order valence-electron chi connectivity index (χ0n) is 7.76. The van der Waals surface area contributed by atoms with Crippen LogP contribution in [0.15, 0.2) is 11.0 Å². The van der Waals surface area contributed by atoms with Gasteiger partial charge in [0.05, 0.1) is 0 Å². The topological polar surface area (TPSA) is 0 Å². The van der Waals surface area contributed by atoms with E-state index in [4.69, 9.17) is 0 Å². The Hall–Kier alpha value is 0.0600. The lowest BCUT2D eigenvalue weighted by Crippen LogP contribution is -2.14. The largest absolute Gasteiger partial charge is 0.413 e. The number of hydrogen-bond donors (Lipinski definition) is 1. The highest BCUT2D eigenvalue weighted by Crippen LogP contribution is 2.28. The number of thiol groups is 1. The van der Waals surface area contributed by atoms with E-state index in [-0.39, 0.29) is 11.3 Å². The zero-order valence-corrected chi connectivity index (χ0v) is 10.3. The molecule has 0 heterocycles. The Balaban J connectivity index is 0. The minimum atomic E-state index is -4.37. The van der Waals surface area contributed by atoms with Gasteiger partial charge in [-0.3, -0.25) is 0 Å². The van der Waals surface area contributed by atoms with Crippen LogP contribution in [0.3, 0.4) is 0 Å². The summed E-state index contributed by atoms with van der Waals surface area (Å²) < 4.78 is 36.0. The van der Waals surface area contributed by atoms with Crippen LogP contribution in [0, 0.1) is 0 Å². The van der Waals surface area contributed by atoms with Gasteiger partial charge >= 0.3 is 6.18 Å². The molecule has 0 saturated heterocycles. The van der Waals surface area contributed by atoms with Crippen LogP contribution < -0.4 is 0 Å². The number of hydrogen-bond acceptors (Lipinski definition) is 3. The molecule has 0 bridgehead atoms. The molecule has 0 fully saturated rings. The molecule has 14 heavy (non-hydrogen) atoms. The van der Waals surface area contributed by atoms with E-state index in [2.05, 4.69) is 37.1 Å². The second kappa shape index (κ2) is 8.38. The Morgan fingerprint density at radius 1 is 1.36 bits per heavy atom. The van der Waals surface area contributed by atoms with Gasteiger partial charge in [-0.25, -0.2) is 0 Å². The maximum absolute atomic E-state index is 12.0. The third kappa shape index (κ3) is 7.46. The molecule has 0 aliphatic rings. The number of rotatable bonds is 3. The Labute approximate surface area is 98.0 Å². The predicted molar refractivity (Wildman–Crippen MR) is 65.3 cm³/mol. The summed E-state index contributed by atoms with van der Waals surface area (Å²) in [5.74, 6) is 0. The van der Waals surface area contributed by atoms with Gasteiger partial charge in [0.1, 0.15) is 0 Å². The van der Waals surface area contributed by atoms with Crippen molar-refractivity contribution in [1.29, 1.82) is 0 Å². The normalized spacial score (nSPS) is 11.4. The maximum Gasteiger partial charge on any atom is 0.413 e. The standard InChI is InChI=1S/C6H5F3S3.C2H6/c7-6(8,9)4(2-10)1-5(12)3-11;1-2/h2-3,10H,1H2;1-2H3/b4-2-;. The average molecular weight is 260 g/mol. The molecule has 0 unspecified atom stereocenters. The molecular weight excluding hydrogens is 249 g/mol. The summed E-state index contributed by atoms with van der Waals surface area (Å²) in [4.78, 5) is 0.0858. The summed E-state index contributed by atoms with van der Waals surface area (Å²) in [5, 5.41) is 1.75. The molecular formula is C8H11F3S3. The number of thiocarbonyl (C=S) groups is 2. The fraction of sp³-hybridized carbons (Fsp3) is 0.500. The third-order valence-electron chi connectivity index (χ3n) is 1.02. The van der Waals surface area contributed by atoms with Gasteiger partial charge < -0.3 is 0 Å². The highest BCUT2D eigenvalue weighted by Gasteiger charge is 2.33. The highest BCUT2D eigenvalue weighted by molar-refractivity contribution is 7.88. The molecule has 6 heteroatoms. The monoisotopic (exact) mass is 260 g/mol. The Morgan fingerprint density at radius 3 is 2.00 bits per heavy atom. The van der Waals surface area contributed by atoms with Crippen molar-refractivity contribution in [1.82, 2.24) is 0 Å². The SMILES string of the molecule is CC.FC(F)(F)/C(=C\S)CC(=S)C=S. The van der Waals surface area contributed by atoms with Crippen molar-refractivity contribution in [3.63, 3.8) is 0 Å². The first-order valence-corrected chi connectivity index (χ1v) is 5.20. The van der Waals surface area contributed by atoms with Crippen LogP contribution in [0.5, 0.6) is 0 Å². The van der Waals surface area contributed by atoms with Crippen molar-refractivity contribution in [2.24, 2.45) is 0 Å².